The van der Waals surface area contributed by atoms with Crippen LogP contribution in [0.2, 0.25) is 0 Å². The van der Waals surface area contributed by atoms with E-state index in [1.54, 1.807) is 19.1 Å². The Morgan fingerprint density at radius 2 is 1.77 bits per heavy atom. The van der Waals surface area contributed by atoms with E-state index in [2.05, 4.69) is 21.8 Å². The number of ether oxygens (including phenoxy) is 1. The fourth-order valence-electron chi connectivity index (χ4n) is 4.01. The Labute approximate surface area is 180 Å². The summed E-state index contributed by atoms with van der Waals surface area (Å²) in [5.41, 5.74) is 2.20. The molecule has 0 bridgehead atoms. The van der Waals surface area contributed by atoms with Crippen molar-refractivity contribution in [2.75, 3.05) is 58.3 Å². The van der Waals surface area contributed by atoms with Crippen molar-refractivity contribution in [2.45, 2.75) is 12.3 Å². The van der Waals surface area contributed by atoms with Crippen LogP contribution in [-0.2, 0) is 4.79 Å². The van der Waals surface area contributed by atoms with Gasteiger partial charge in [-0.2, -0.15) is 0 Å². The van der Waals surface area contributed by atoms with Gasteiger partial charge in [0.2, 0.25) is 5.91 Å². The highest BCUT2D eigenvalue weighted by atomic mass is 16.5. The number of nitrogens with zero attached hydrogens (tertiary/aromatic N) is 3. The summed E-state index contributed by atoms with van der Waals surface area (Å²) in [6.07, 6.45) is 6.20. The topological polar surface area (TPSA) is 36.0 Å². The minimum atomic E-state index is -0.170. The Bertz CT molecular complexity index is 854. The third kappa shape index (κ3) is 5.34. The molecule has 0 radical (unpaired) electrons. The number of carbonyl (C=O) groups excluding carboxylic acids is 1. The lowest BCUT2D eigenvalue weighted by atomic mass is 9.94. The molecular weight excluding hydrogens is 374 g/mol. The Hall–Kier alpha value is -2.97. The first-order valence-corrected chi connectivity index (χ1v) is 10.5. The number of piperazine rings is 1. The fraction of sp³-hybridized carbons (Fsp3) is 0.400. The minimum Gasteiger partial charge on any atom is -0.495 e. The Balaban J connectivity index is 1.60. The average Bonchev–Trinajstić information content (AvgIpc) is 2.80. The maximum atomic E-state index is 13.0. The molecule has 1 heterocycles. The van der Waals surface area contributed by atoms with Crippen LogP contribution in [-0.4, -0.2) is 69.1 Å². The molecule has 5 nitrogen and oxygen atoms in total. The molecule has 5 heteroatoms. The summed E-state index contributed by atoms with van der Waals surface area (Å²) < 4.78 is 5.51. The summed E-state index contributed by atoms with van der Waals surface area (Å²) in [5, 5.41) is 0. The monoisotopic (exact) mass is 405 g/mol. The van der Waals surface area contributed by atoms with E-state index >= 15 is 0 Å². The number of terminal acetylenes is 1. The van der Waals surface area contributed by atoms with Gasteiger partial charge in [0.25, 0.3) is 0 Å². The minimum absolute atomic E-state index is 0.0896. The Morgan fingerprint density at radius 3 is 2.43 bits per heavy atom. The molecule has 0 saturated carbocycles. The van der Waals surface area contributed by atoms with Gasteiger partial charge in [-0.05, 0) is 30.7 Å². The van der Waals surface area contributed by atoms with Crippen LogP contribution >= 0.6 is 0 Å². The normalized spacial score (nSPS) is 15.3. The molecule has 1 saturated heterocycles. The number of methoxy groups -OCH3 is 1. The van der Waals surface area contributed by atoms with Gasteiger partial charge in [0, 0.05) is 33.2 Å². The molecule has 1 aliphatic rings. The molecule has 1 unspecified atom stereocenters. The van der Waals surface area contributed by atoms with E-state index in [1.807, 2.05) is 48.5 Å². The van der Waals surface area contributed by atoms with E-state index in [9.17, 15) is 4.79 Å². The summed E-state index contributed by atoms with van der Waals surface area (Å²) in [7, 11) is 3.50. The van der Waals surface area contributed by atoms with Crippen molar-refractivity contribution < 1.29 is 9.53 Å². The van der Waals surface area contributed by atoms with E-state index in [0.717, 1.165) is 56.1 Å². The van der Waals surface area contributed by atoms with Gasteiger partial charge in [0.1, 0.15) is 5.75 Å². The number of carbonyl (C=O) groups is 1. The molecule has 1 aliphatic heterocycles. The second-order valence-electron chi connectivity index (χ2n) is 7.65. The largest absolute Gasteiger partial charge is 0.495 e. The summed E-state index contributed by atoms with van der Waals surface area (Å²) in [5.74, 6) is 3.40. The van der Waals surface area contributed by atoms with E-state index in [-0.39, 0.29) is 11.8 Å². The first-order valence-electron chi connectivity index (χ1n) is 10.5. The lowest BCUT2D eigenvalue weighted by molar-refractivity contribution is -0.131. The van der Waals surface area contributed by atoms with Gasteiger partial charge in [-0.1, -0.05) is 48.4 Å². The van der Waals surface area contributed by atoms with Gasteiger partial charge in [0.05, 0.1) is 25.3 Å². The van der Waals surface area contributed by atoms with Crippen LogP contribution in [0.25, 0.3) is 0 Å². The van der Waals surface area contributed by atoms with Crippen molar-refractivity contribution in [3.05, 3.63) is 60.2 Å². The second-order valence-corrected chi connectivity index (χ2v) is 7.65. The average molecular weight is 406 g/mol. The number of hydrogen-bond acceptors (Lipinski definition) is 4. The zero-order chi connectivity index (χ0) is 21.3. The highest BCUT2D eigenvalue weighted by molar-refractivity contribution is 5.83. The molecule has 2 aromatic rings. The zero-order valence-corrected chi connectivity index (χ0v) is 18.0. The SMILES string of the molecule is C#CCN(C)C(=O)C(CCN1CCN(c2ccccc2OC)CC1)c1ccccc1. The lowest BCUT2D eigenvalue weighted by Crippen LogP contribution is -2.47. The van der Waals surface area contributed by atoms with Crippen molar-refractivity contribution in [2.24, 2.45) is 0 Å². The number of hydrogen-bond donors (Lipinski definition) is 0. The summed E-state index contributed by atoms with van der Waals surface area (Å²) >= 11 is 0. The predicted octanol–water partition coefficient (Wildman–Crippen LogP) is 3.08. The Kier molecular flexibility index (Phi) is 7.75. The Morgan fingerprint density at radius 1 is 1.10 bits per heavy atom. The lowest BCUT2D eigenvalue weighted by Gasteiger charge is -2.37. The van der Waals surface area contributed by atoms with Crippen LogP contribution in [0.5, 0.6) is 5.75 Å². The van der Waals surface area contributed by atoms with E-state index in [0.29, 0.717) is 6.54 Å². The highest BCUT2D eigenvalue weighted by Crippen LogP contribution is 2.29. The van der Waals surface area contributed by atoms with Crippen molar-refractivity contribution in [3.63, 3.8) is 0 Å². The van der Waals surface area contributed by atoms with Gasteiger partial charge in [0.15, 0.2) is 0 Å². The summed E-state index contributed by atoms with van der Waals surface area (Å²) in [4.78, 5) is 19.5. The number of para-hydroxylation sites is 2. The maximum Gasteiger partial charge on any atom is 0.230 e. The van der Waals surface area contributed by atoms with Gasteiger partial charge in [-0.3, -0.25) is 9.69 Å². The standard InChI is InChI=1S/C25H31N3O2/c1-4-15-26(2)25(29)22(21-10-6-5-7-11-21)14-16-27-17-19-28(20-18-27)23-12-8-9-13-24(23)30-3/h1,5-13,22H,14-20H2,2-3H3. The van der Waals surface area contributed by atoms with Crippen molar-refractivity contribution in [3.8, 4) is 18.1 Å². The summed E-state index contributed by atoms with van der Waals surface area (Å²) in [6.45, 7) is 5.04. The van der Waals surface area contributed by atoms with Crippen molar-refractivity contribution in [1.29, 1.82) is 0 Å². The zero-order valence-electron chi connectivity index (χ0n) is 18.0. The van der Waals surface area contributed by atoms with Gasteiger partial charge in [-0.15, -0.1) is 6.42 Å². The molecule has 0 aromatic heterocycles. The van der Waals surface area contributed by atoms with E-state index in [4.69, 9.17) is 11.2 Å². The molecule has 0 aliphatic carbocycles. The molecule has 3 rings (SSSR count). The van der Waals surface area contributed by atoms with Crippen LogP contribution in [0.1, 0.15) is 17.9 Å². The van der Waals surface area contributed by atoms with Gasteiger partial charge >= 0.3 is 0 Å². The number of amides is 1. The predicted molar refractivity (Wildman–Crippen MR) is 122 cm³/mol. The van der Waals surface area contributed by atoms with Crippen LogP contribution < -0.4 is 9.64 Å². The van der Waals surface area contributed by atoms with Crippen molar-refractivity contribution in [1.82, 2.24) is 9.80 Å². The van der Waals surface area contributed by atoms with Crippen LogP contribution in [0, 0.1) is 12.3 Å². The highest BCUT2D eigenvalue weighted by Gasteiger charge is 2.26. The molecule has 2 aromatic carbocycles. The number of likely N-dealkylation sites (N-methyl/N-ethyl adjacent to an activating group) is 1. The van der Waals surface area contributed by atoms with Crippen LogP contribution in [0.3, 0.4) is 0 Å². The van der Waals surface area contributed by atoms with Crippen LogP contribution in [0.15, 0.2) is 54.6 Å². The van der Waals surface area contributed by atoms with E-state index < -0.39 is 0 Å². The number of rotatable bonds is 8. The van der Waals surface area contributed by atoms with E-state index in [1.165, 1.54) is 0 Å². The molecule has 1 amide bonds. The van der Waals surface area contributed by atoms with Gasteiger partial charge < -0.3 is 14.5 Å². The molecule has 1 atom stereocenters. The quantitative estimate of drug-likeness (QED) is 0.633. The number of anilines is 1. The van der Waals surface area contributed by atoms with Crippen molar-refractivity contribution >= 4 is 11.6 Å². The van der Waals surface area contributed by atoms with Gasteiger partial charge in [-0.25, -0.2) is 0 Å². The fourth-order valence-corrected chi connectivity index (χ4v) is 4.01. The third-order valence-electron chi connectivity index (χ3n) is 5.74. The smallest absolute Gasteiger partial charge is 0.230 e. The molecule has 30 heavy (non-hydrogen) atoms. The third-order valence-corrected chi connectivity index (χ3v) is 5.74. The summed E-state index contributed by atoms with van der Waals surface area (Å²) in [6, 6.07) is 18.2. The molecule has 0 N–H and O–H groups in total. The molecule has 1 fully saturated rings. The molecule has 0 spiro atoms. The molecular formula is C25H31N3O2. The second kappa shape index (κ2) is 10.7. The molecule has 158 valence electrons. The first kappa shape index (κ1) is 21.7. The first-order chi connectivity index (χ1) is 14.6. The van der Waals surface area contributed by atoms with Crippen LogP contribution in [0.4, 0.5) is 5.69 Å². The number of benzene rings is 2. The maximum absolute atomic E-state index is 13.0.